The van der Waals surface area contributed by atoms with Crippen molar-refractivity contribution in [3.8, 4) is 0 Å². The zero-order chi connectivity index (χ0) is 13.8. The smallest absolute Gasteiger partial charge is 0.337 e. The maximum Gasteiger partial charge on any atom is 0.337 e. The number of carbonyl (C=O) groups excluding carboxylic acids is 1. The molecule has 2 aromatic rings. The fraction of sp³-hybridized carbons (Fsp3) is 0.188. The second-order valence-corrected chi connectivity index (χ2v) is 4.16. The molecule has 0 radical (unpaired) electrons. The van der Waals surface area contributed by atoms with E-state index in [0.717, 1.165) is 16.6 Å². The quantitative estimate of drug-likeness (QED) is 0.616. The van der Waals surface area contributed by atoms with Gasteiger partial charge in [0, 0.05) is 17.3 Å². The van der Waals surface area contributed by atoms with E-state index in [-0.39, 0.29) is 5.97 Å². The normalized spacial score (nSPS) is 12.3. The molecule has 3 nitrogen and oxygen atoms in total. The molecular formula is C16H17NO2. The highest BCUT2D eigenvalue weighted by Gasteiger charge is 2.08. The molecule has 0 aliphatic heterocycles. The van der Waals surface area contributed by atoms with Crippen molar-refractivity contribution >= 4 is 22.6 Å². The Morgan fingerprint density at radius 3 is 2.68 bits per heavy atom. The van der Waals surface area contributed by atoms with Crippen molar-refractivity contribution in [2.75, 3.05) is 7.11 Å². The second-order valence-electron chi connectivity index (χ2n) is 4.16. The van der Waals surface area contributed by atoms with E-state index in [2.05, 4.69) is 4.57 Å². The molecule has 0 unspecified atom stereocenters. The van der Waals surface area contributed by atoms with Crippen LogP contribution in [0.4, 0.5) is 0 Å². The van der Waals surface area contributed by atoms with E-state index in [0.29, 0.717) is 5.56 Å². The largest absolute Gasteiger partial charge is 0.465 e. The molecule has 0 spiro atoms. The molecule has 1 aromatic heterocycles. The number of nitrogens with zero attached hydrogens (tertiary/aromatic N) is 1. The van der Waals surface area contributed by atoms with Crippen LogP contribution < -0.4 is 0 Å². The lowest BCUT2D eigenvalue weighted by Crippen LogP contribution is -2.00. The van der Waals surface area contributed by atoms with Gasteiger partial charge in [0.15, 0.2) is 0 Å². The summed E-state index contributed by atoms with van der Waals surface area (Å²) in [4.78, 5) is 11.5. The standard InChI is InChI=1S/C16H17NO2/c1-4-6-14(5-2)17-10-9-12-11-13(16(18)19-3)7-8-15(12)17/h4-11H,1-3H3/b6-4-,14-5+. The minimum absolute atomic E-state index is 0.311. The highest BCUT2D eigenvalue weighted by molar-refractivity contribution is 5.95. The van der Waals surface area contributed by atoms with Crippen LogP contribution in [0, 0.1) is 0 Å². The van der Waals surface area contributed by atoms with Crippen molar-refractivity contribution in [3.05, 3.63) is 54.3 Å². The Kier molecular flexibility index (Phi) is 3.85. The number of methoxy groups -OCH3 is 1. The van der Waals surface area contributed by atoms with Gasteiger partial charge in [0.2, 0.25) is 0 Å². The van der Waals surface area contributed by atoms with Crippen LogP contribution in [0.25, 0.3) is 16.6 Å². The molecule has 0 aliphatic rings. The summed E-state index contributed by atoms with van der Waals surface area (Å²) in [6.07, 6.45) is 8.10. The second kappa shape index (κ2) is 5.57. The predicted molar refractivity (Wildman–Crippen MR) is 78.0 cm³/mol. The predicted octanol–water partition coefficient (Wildman–Crippen LogP) is 3.86. The Morgan fingerprint density at radius 1 is 1.26 bits per heavy atom. The maximum atomic E-state index is 11.5. The fourth-order valence-electron chi connectivity index (χ4n) is 2.10. The van der Waals surface area contributed by atoms with Crippen LogP contribution >= 0.6 is 0 Å². The third kappa shape index (κ3) is 2.45. The first kappa shape index (κ1) is 13.1. The monoisotopic (exact) mass is 255 g/mol. The molecule has 0 fully saturated rings. The summed E-state index contributed by atoms with van der Waals surface area (Å²) >= 11 is 0. The van der Waals surface area contributed by atoms with Crippen LogP contribution in [-0.2, 0) is 4.74 Å². The first-order chi connectivity index (χ1) is 9.21. The SMILES string of the molecule is C/C=C\C(=C/C)n1ccc2cc(C(=O)OC)ccc21. The number of hydrogen-bond acceptors (Lipinski definition) is 2. The average Bonchev–Trinajstić information content (AvgIpc) is 2.86. The van der Waals surface area contributed by atoms with Gasteiger partial charge in [-0.2, -0.15) is 0 Å². The zero-order valence-electron chi connectivity index (χ0n) is 11.4. The van der Waals surface area contributed by atoms with Gasteiger partial charge in [-0.15, -0.1) is 0 Å². The zero-order valence-corrected chi connectivity index (χ0v) is 11.4. The van der Waals surface area contributed by atoms with Crippen LogP contribution in [0.2, 0.25) is 0 Å². The third-order valence-electron chi connectivity index (χ3n) is 3.02. The van der Waals surface area contributed by atoms with E-state index >= 15 is 0 Å². The van der Waals surface area contributed by atoms with Gasteiger partial charge in [-0.25, -0.2) is 4.79 Å². The third-order valence-corrected chi connectivity index (χ3v) is 3.02. The first-order valence-corrected chi connectivity index (χ1v) is 6.20. The molecule has 1 aromatic carbocycles. The van der Waals surface area contributed by atoms with Crippen LogP contribution in [0.15, 0.2) is 48.7 Å². The van der Waals surface area contributed by atoms with Crippen molar-refractivity contribution < 1.29 is 9.53 Å². The molecule has 3 heteroatoms. The number of aromatic nitrogens is 1. The van der Waals surface area contributed by atoms with Crippen molar-refractivity contribution in [1.29, 1.82) is 0 Å². The van der Waals surface area contributed by atoms with E-state index in [1.807, 2.05) is 56.5 Å². The number of benzene rings is 1. The molecule has 1 heterocycles. The molecule has 0 saturated heterocycles. The summed E-state index contributed by atoms with van der Waals surface area (Å²) in [5.41, 5.74) is 2.74. The highest BCUT2D eigenvalue weighted by Crippen LogP contribution is 2.22. The van der Waals surface area contributed by atoms with E-state index in [4.69, 9.17) is 4.74 Å². The van der Waals surface area contributed by atoms with Crippen LogP contribution in [0.1, 0.15) is 24.2 Å². The van der Waals surface area contributed by atoms with Gasteiger partial charge in [-0.1, -0.05) is 12.2 Å². The topological polar surface area (TPSA) is 31.2 Å². The Balaban J connectivity index is 2.53. The first-order valence-electron chi connectivity index (χ1n) is 6.20. The van der Waals surface area contributed by atoms with Gasteiger partial charge < -0.3 is 9.30 Å². The molecule has 0 bridgehead atoms. The molecule has 19 heavy (non-hydrogen) atoms. The molecule has 0 amide bonds. The Labute approximate surface area is 112 Å². The summed E-state index contributed by atoms with van der Waals surface area (Å²) in [7, 11) is 1.39. The number of allylic oxidation sites excluding steroid dienone is 4. The summed E-state index contributed by atoms with van der Waals surface area (Å²) in [6, 6.07) is 7.57. The average molecular weight is 255 g/mol. The Hall–Kier alpha value is -2.29. The van der Waals surface area contributed by atoms with Gasteiger partial charge in [0.05, 0.1) is 18.2 Å². The van der Waals surface area contributed by atoms with Crippen LogP contribution in [0.5, 0.6) is 0 Å². The van der Waals surface area contributed by atoms with Gasteiger partial charge in [0.25, 0.3) is 0 Å². The summed E-state index contributed by atoms with van der Waals surface area (Å²) < 4.78 is 6.82. The van der Waals surface area contributed by atoms with Crippen molar-refractivity contribution in [3.63, 3.8) is 0 Å². The molecular weight excluding hydrogens is 238 g/mol. The van der Waals surface area contributed by atoms with E-state index in [1.165, 1.54) is 7.11 Å². The summed E-state index contributed by atoms with van der Waals surface area (Å²) in [6.45, 7) is 3.99. The molecule has 0 atom stereocenters. The van der Waals surface area contributed by atoms with E-state index < -0.39 is 0 Å². The Bertz CT molecular complexity index is 662. The Morgan fingerprint density at radius 2 is 2.05 bits per heavy atom. The van der Waals surface area contributed by atoms with Gasteiger partial charge in [-0.05, 0) is 44.2 Å². The molecule has 98 valence electrons. The number of rotatable bonds is 3. The summed E-state index contributed by atoms with van der Waals surface area (Å²) in [5, 5.41) is 1.02. The minimum atomic E-state index is -0.311. The lowest BCUT2D eigenvalue weighted by molar-refractivity contribution is 0.0601. The number of hydrogen-bond donors (Lipinski definition) is 0. The van der Waals surface area contributed by atoms with Crippen LogP contribution in [-0.4, -0.2) is 17.6 Å². The number of fused-ring (bicyclic) bond motifs is 1. The number of carbonyl (C=O) groups is 1. The lowest BCUT2D eigenvalue weighted by Gasteiger charge is -2.06. The molecule has 0 N–H and O–H groups in total. The van der Waals surface area contributed by atoms with E-state index in [1.54, 1.807) is 6.07 Å². The molecule has 0 aliphatic carbocycles. The highest BCUT2D eigenvalue weighted by atomic mass is 16.5. The van der Waals surface area contributed by atoms with Gasteiger partial charge >= 0.3 is 5.97 Å². The summed E-state index contributed by atoms with van der Waals surface area (Å²) in [5.74, 6) is -0.311. The van der Waals surface area contributed by atoms with Crippen LogP contribution in [0.3, 0.4) is 0 Å². The fourth-order valence-corrected chi connectivity index (χ4v) is 2.10. The number of esters is 1. The van der Waals surface area contributed by atoms with Crippen molar-refractivity contribution in [1.82, 2.24) is 4.57 Å². The molecule has 0 saturated carbocycles. The molecule has 2 rings (SSSR count). The van der Waals surface area contributed by atoms with Crippen molar-refractivity contribution in [2.45, 2.75) is 13.8 Å². The van der Waals surface area contributed by atoms with E-state index in [9.17, 15) is 4.79 Å². The maximum absolute atomic E-state index is 11.5. The van der Waals surface area contributed by atoms with Gasteiger partial charge in [0.1, 0.15) is 0 Å². The minimum Gasteiger partial charge on any atom is -0.465 e. The van der Waals surface area contributed by atoms with Gasteiger partial charge in [-0.3, -0.25) is 0 Å². The number of ether oxygens (including phenoxy) is 1. The lowest BCUT2D eigenvalue weighted by atomic mass is 10.1. The van der Waals surface area contributed by atoms with Crippen molar-refractivity contribution in [2.24, 2.45) is 0 Å².